The average Bonchev–Trinajstić information content (AvgIpc) is 2.56. The monoisotopic (exact) mass is 361 g/mol. The Kier molecular flexibility index (Phi) is 5.39. The molecule has 0 fully saturated rings. The van der Waals surface area contributed by atoms with E-state index < -0.39 is 22.1 Å². The number of rotatable bonds is 5. The van der Waals surface area contributed by atoms with Gasteiger partial charge in [-0.25, -0.2) is 18.4 Å². The highest BCUT2D eigenvalue weighted by molar-refractivity contribution is 7.89. The molecule has 2 rings (SSSR count). The summed E-state index contributed by atoms with van der Waals surface area (Å²) in [6.45, 7) is 4.74. The quantitative estimate of drug-likeness (QED) is 0.650. The standard InChI is InChI=1S/C18H19NO5S/c1-11-9-15(10-16(12(11)2)25(19,22)23)18(21)24-13(3)17(20)14-7-5-4-6-8-14/h4-10,13H,1-3H3,(H2,19,22,23)/t13-/m1/s1. The van der Waals surface area contributed by atoms with Gasteiger partial charge in [0, 0.05) is 5.56 Å². The van der Waals surface area contributed by atoms with Crippen molar-refractivity contribution in [3.05, 3.63) is 64.7 Å². The first-order valence-corrected chi connectivity index (χ1v) is 9.10. The number of ketones is 1. The van der Waals surface area contributed by atoms with Gasteiger partial charge < -0.3 is 4.74 Å². The summed E-state index contributed by atoms with van der Waals surface area (Å²) >= 11 is 0. The first-order chi connectivity index (χ1) is 11.6. The summed E-state index contributed by atoms with van der Waals surface area (Å²) in [6.07, 6.45) is -1.01. The van der Waals surface area contributed by atoms with E-state index in [9.17, 15) is 18.0 Å². The maximum absolute atomic E-state index is 12.3. The third-order valence-electron chi connectivity index (χ3n) is 3.87. The van der Waals surface area contributed by atoms with E-state index in [4.69, 9.17) is 9.88 Å². The van der Waals surface area contributed by atoms with Crippen LogP contribution in [0.1, 0.15) is 38.8 Å². The summed E-state index contributed by atoms with van der Waals surface area (Å²) in [5.41, 5.74) is 1.50. The van der Waals surface area contributed by atoms with Gasteiger partial charge in [-0.15, -0.1) is 0 Å². The molecule has 0 heterocycles. The number of carbonyl (C=O) groups excluding carboxylic acids is 2. The molecule has 132 valence electrons. The Balaban J connectivity index is 2.27. The van der Waals surface area contributed by atoms with Gasteiger partial charge in [0.05, 0.1) is 10.5 Å². The van der Waals surface area contributed by atoms with E-state index in [1.165, 1.54) is 19.1 Å². The molecule has 0 spiro atoms. The fraction of sp³-hybridized carbons (Fsp3) is 0.222. The molecule has 0 aliphatic heterocycles. The lowest BCUT2D eigenvalue weighted by atomic mass is 10.1. The van der Waals surface area contributed by atoms with Crippen LogP contribution in [0, 0.1) is 13.8 Å². The maximum Gasteiger partial charge on any atom is 0.338 e. The van der Waals surface area contributed by atoms with Gasteiger partial charge in [0.25, 0.3) is 0 Å². The van der Waals surface area contributed by atoms with Gasteiger partial charge in [-0.1, -0.05) is 30.3 Å². The first kappa shape index (κ1) is 18.8. The first-order valence-electron chi connectivity index (χ1n) is 7.55. The lowest BCUT2D eigenvalue weighted by Crippen LogP contribution is -2.25. The van der Waals surface area contributed by atoms with Crippen molar-refractivity contribution >= 4 is 21.8 Å². The van der Waals surface area contributed by atoms with E-state index in [0.29, 0.717) is 16.7 Å². The number of hydrogen-bond acceptors (Lipinski definition) is 5. The second-order valence-electron chi connectivity index (χ2n) is 5.74. The molecular weight excluding hydrogens is 342 g/mol. The second-order valence-corrected chi connectivity index (χ2v) is 7.27. The predicted octanol–water partition coefficient (Wildman–Crippen LogP) is 2.38. The summed E-state index contributed by atoms with van der Waals surface area (Å²) in [4.78, 5) is 24.5. The van der Waals surface area contributed by atoms with Crippen LogP contribution < -0.4 is 5.14 Å². The highest BCUT2D eigenvalue weighted by atomic mass is 32.2. The van der Waals surface area contributed by atoms with Crippen molar-refractivity contribution in [1.82, 2.24) is 0 Å². The molecule has 0 amide bonds. The van der Waals surface area contributed by atoms with E-state index >= 15 is 0 Å². The number of Topliss-reactive ketones (excluding diaryl/α,β-unsaturated/α-hetero) is 1. The normalized spacial score (nSPS) is 12.5. The molecule has 2 N–H and O–H groups in total. The van der Waals surface area contributed by atoms with Gasteiger partial charge in [0.1, 0.15) is 0 Å². The van der Waals surface area contributed by atoms with Crippen LogP contribution in [0.25, 0.3) is 0 Å². The average molecular weight is 361 g/mol. The van der Waals surface area contributed by atoms with Crippen LogP contribution in [0.2, 0.25) is 0 Å². The molecule has 2 aromatic rings. The zero-order valence-electron chi connectivity index (χ0n) is 14.1. The minimum absolute atomic E-state index is 0.0276. The number of nitrogens with two attached hydrogens (primary N) is 1. The van der Waals surface area contributed by atoms with E-state index in [1.54, 1.807) is 44.2 Å². The topological polar surface area (TPSA) is 104 Å². The third kappa shape index (κ3) is 4.32. The molecule has 25 heavy (non-hydrogen) atoms. The Morgan fingerprint density at radius 2 is 1.64 bits per heavy atom. The number of carbonyl (C=O) groups is 2. The minimum atomic E-state index is -3.97. The molecule has 0 bridgehead atoms. The van der Waals surface area contributed by atoms with Crippen LogP contribution in [0.3, 0.4) is 0 Å². The van der Waals surface area contributed by atoms with E-state index in [1.807, 2.05) is 0 Å². The van der Waals surface area contributed by atoms with Crippen molar-refractivity contribution in [1.29, 1.82) is 0 Å². The summed E-state index contributed by atoms with van der Waals surface area (Å²) in [6, 6.07) is 11.1. The molecule has 2 aromatic carbocycles. The largest absolute Gasteiger partial charge is 0.451 e. The van der Waals surface area contributed by atoms with Gasteiger partial charge in [0.2, 0.25) is 15.8 Å². The molecular formula is C18H19NO5S. The van der Waals surface area contributed by atoms with Crippen molar-refractivity contribution in [3.8, 4) is 0 Å². The number of benzene rings is 2. The summed E-state index contributed by atoms with van der Waals surface area (Å²) < 4.78 is 28.5. The maximum atomic E-state index is 12.3. The Morgan fingerprint density at radius 1 is 1.04 bits per heavy atom. The SMILES string of the molecule is Cc1cc(C(=O)O[C@H](C)C(=O)c2ccccc2)cc(S(N)(=O)=O)c1C. The van der Waals surface area contributed by atoms with E-state index in [2.05, 4.69) is 0 Å². The zero-order chi connectivity index (χ0) is 18.8. The minimum Gasteiger partial charge on any atom is -0.451 e. The number of esters is 1. The number of primary sulfonamides is 1. The molecule has 0 saturated heterocycles. The summed E-state index contributed by atoms with van der Waals surface area (Å²) in [5, 5.41) is 5.19. The Bertz CT molecular complexity index is 920. The van der Waals surface area contributed by atoms with Crippen LogP contribution in [-0.4, -0.2) is 26.3 Å². The van der Waals surface area contributed by atoms with Crippen LogP contribution in [-0.2, 0) is 14.8 Å². The molecule has 0 saturated carbocycles. The number of aryl methyl sites for hydroxylation is 1. The van der Waals surface area contributed by atoms with Crippen LogP contribution in [0.4, 0.5) is 0 Å². The molecule has 0 aliphatic carbocycles. The molecule has 0 aromatic heterocycles. The van der Waals surface area contributed by atoms with Crippen LogP contribution in [0.15, 0.2) is 47.4 Å². The molecule has 1 atom stereocenters. The van der Waals surface area contributed by atoms with Crippen molar-refractivity contribution in [3.63, 3.8) is 0 Å². The van der Waals surface area contributed by atoms with Gasteiger partial charge in [-0.2, -0.15) is 0 Å². The Hall–Kier alpha value is -2.51. The molecule has 7 heteroatoms. The van der Waals surface area contributed by atoms with Gasteiger partial charge in [-0.3, -0.25) is 4.79 Å². The fourth-order valence-corrected chi connectivity index (χ4v) is 3.24. The number of sulfonamides is 1. The molecule has 0 unspecified atom stereocenters. The predicted molar refractivity (Wildman–Crippen MR) is 92.9 cm³/mol. The molecule has 6 nitrogen and oxygen atoms in total. The van der Waals surface area contributed by atoms with E-state index in [-0.39, 0.29) is 16.2 Å². The van der Waals surface area contributed by atoms with Crippen molar-refractivity contribution in [2.24, 2.45) is 5.14 Å². The molecule has 0 radical (unpaired) electrons. The van der Waals surface area contributed by atoms with Crippen molar-refractivity contribution in [2.75, 3.05) is 0 Å². The smallest absolute Gasteiger partial charge is 0.338 e. The van der Waals surface area contributed by atoms with Gasteiger partial charge in [-0.05, 0) is 44.0 Å². The summed E-state index contributed by atoms with van der Waals surface area (Å²) in [5.74, 6) is -1.13. The highest BCUT2D eigenvalue weighted by Gasteiger charge is 2.23. The summed E-state index contributed by atoms with van der Waals surface area (Å²) in [7, 11) is -3.97. The number of ether oxygens (including phenoxy) is 1. The molecule has 0 aliphatic rings. The lowest BCUT2D eigenvalue weighted by Gasteiger charge is -2.14. The van der Waals surface area contributed by atoms with E-state index in [0.717, 1.165) is 0 Å². The third-order valence-corrected chi connectivity index (χ3v) is 4.91. The fourth-order valence-electron chi connectivity index (χ4n) is 2.36. The van der Waals surface area contributed by atoms with Crippen LogP contribution >= 0.6 is 0 Å². The Morgan fingerprint density at radius 3 is 2.20 bits per heavy atom. The number of hydrogen-bond donors (Lipinski definition) is 1. The van der Waals surface area contributed by atoms with Crippen molar-refractivity contribution < 1.29 is 22.7 Å². The second kappa shape index (κ2) is 7.16. The lowest BCUT2D eigenvalue weighted by molar-refractivity contribution is 0.0318. The van der Waals surface area contributed by atoms with Gasteiger partial charge in [0.15, 0.2) is 6.10 Å². The Labute approximate surface area is 146 Å². The van der Waals surface area contributed by atoms with Crippen LogP contribution in [0.5, 0.6) is 0 Å². The zero-order valence-corrected chi connectivity index (χ0v) is 15.0. The highest BCUT2D eigenvalue weighted by Crippen LogP contribution is 2.21. The van der Waals surface area contributed by atoms with Crippen molar-refractivity contribution in [2.45, 2.75) is 31.8 Å². The van der Waals surface area contributed by atoms with Gasteiger partial charge >= 0.3 is 5.97 Å².